The first-order valence-corrected chi connectivity index (χ1v) is 6.25. The number of para-hydroxylation sites is 1. The number of benzene rings is 1. The Kier molecular flexibility index (Phi) is 2.74. The van der Waals surface area contributed by atoms with Crippen LogP contribution < -0.4 is 0 Å². The fraction of sp³-hybridized carbons (Fsp3) is 0.286. The first-order valence-electron chi connectivity index (χ1n) is 6.25. The van der Waals surface area contributed by atoms with E-state index in [-0.39, 0.29) is 5.75 Å². The normalized spacial score (nSPS) is 18.0. The number of carbonyl (C=O) groups is 1. The van der Waals surface area contributed by atoms with Gasteiger partial charge in [-0.25, -0.2) is 4.98 Å². The molecule has 0 spiro atoms. The van der Waals surface area contributed by atoms with Gasteiger partial charge in [0.2, 0.25) is 0 Å². The second-order valence-electron chi connectivity index (χ2n) is 4.71. The van der Waals surface area contributed by atoms with E-state index in [9.17, 15) is 15.0 Å². The van der Waals surface area contributed by atoms with Crippen molar-refractivity contribution >= 4 is 5.97 Å². The summed E-state index contributed by atoms with van der Waals surface area (Å²) in [5, 5.41) is 19.1. The highest BCUT2D eigenvalue weighted by Gasteiger charge is 2.29. The number of nitrogens with zero attached hydrogens (tertiary/aromatic N) is 2. The predicted molar refractivity (Wildman–Crippen MR) is 68.9 cm³/mol. The van der Waals surface area contributed by atoms with Crippen molar-refractivity contribution in [1.82, 2.24) is 9.55 Å². The van der Waals surface area contributed by atoms with Crippen LogP contribution in [0.25, 0.3) is 11.4 Å². The summed E-state index contributed by atoms with van der Waals surface area (Å²) in [7, 11) is 0. The lowest BCUT2D eigenvalue weighted by Crippen LogP contribution is -2.21. The van der Waals surface area contributed by atoms with Gasteiger partial charge in [-0.1, -0.05) is 12.1 Å². The number of carboxylic acid groups (broad SMARTS) is 1. The van der Waals surface area contributed by atoms with Crippen LogP contribution in [0.4, 0.5) is 0 Å². The molecule has 1 aliphatic heterocycles. The summed E-state index contributed by atoms with van der Waals surface area (Å²) >= 11 is 0. The third-order valence-corrected chi connectivity index (χ3v) is 3.56. The fourth-order valence-electron chi connectivity index (χ4n) is 2.63. The smallest absolute Gasteiger partial charge is 0.312 e. The molecule has 0 saturated heterocycles. The fourth-order valence-corrected chi connectivity index (χ4v) is 2.63. The molecule has 0 saturated carbocycles. The highest BCUT2D eigenvalue weighted by atomic mass is 16.4. The second-order valence-corrected chi connectivity index (χ2v) is 4.71. The van der Waals surface area contributed by atoms with Gasteiger partial charge in [-0.15, -0.1) is 0 Å². The summed E-state index contributed by atoms with van der Waals surface area (Å²) in [4.78, 5) is 15.5. The maximum Gasteiger partial charge on any atom is 0.312 e. The third-order valence-electron chi connectivity index (χ3n) is 3.56. The van der Waals surface area contributed by atoms with Gasteiger partial charge in [0.1, 0.15) is 11.6 Å². The van der Waals surface area contributed by atoms with Crippen LogP contribution in [0.1, 0.15) is 24.5 Å². The maximum atomic E-state index is 11.2. The van der Waals surface area contributed by atoms with Crippen molar-refractivity contribution in [3.8, 4) is 17.1 Å². The van der Waals surface area contributed by atoms with Crippen LogP contribution in [0.2, 0.25) is 0 Å². The highest BCUT2D eigenvalue weighted by molar-refractivity contribution is 5.76. The average Bonchev–Trinajstić information content (AvgIpc) is 2.82. The Bertz CT molecular complexity index is 633. The van der Waals surface area contributed by atoms with Crippen LogP contribution in [0.3, 0.4) is 0 Å². The summed E-state index contributed by atoms with van der Waals surface area (Å²) < 4.78 is 1.90. The van der Waals surface area contributed by atoms with Crippen LogP contribution in [-0.4, -0.2) is 25.7 Å². The molecule has 3 rings (SSSR count). The summed E-state index contributed by atoms with van der Waals surface area (Å²) in [6.07, 6.45) is 3.06. The number of fused-ring (bicyclic) bond motifs is 1. The number of rotatable bonds is 2. The van der Waals surface area contributed by atoms with E-state index < -0.39 is 11.9 Å². The van der Waals surface area contributed by atoms with Gasteiger partial charge in [0, 0.05) is 12.7 Å². The van der Waals surface area contributed by atoms with Gasteiger partial charge >= 0.3 is 5.97 Å². The summed E-state index contributed by atoms with van der Waals surface area (Å²) in [5.41, 5.74) is 1.36. The Balaban J connectivity index is 2.11. The van der Waals surface area contributed by atoms with Crippen molar-refractivity contribution in [3.05, 3.63) is 36.2 Å². The Morgan fingerprint density at radius 2 is 2.16 bits per heavy atom. The number of phenolic OH excluding ortho intramolecular Hbond substituents is 1. The van der Waals surface area contributed by atoms with Crippen LogP contribution >= 0.6 is 0 Å². The van der Waals surface area contributed by atoms with E-state index in [0.29, 0.717) is 17.8 Å². The first-order chi connectivity index (χ1) is 9.18. The van der Waals surface area contributed by atoms with E-state index >= 15 is 0 Å². The Morgan fingerprint density at radius 3 is 2.89 bits per heavy atom. The Hall–Kier alpha value is -2.30. The van der Waals surface area contributed by atoms with Gasteiger partial charge in [0.25, 0.3) is 0 Å². The number of hydrogen-bond donors (Lipinski definition) is 2. The van der Waals surface area contributed by atoms with Crippen LogP contribution in [0.15, 0.2) is 30.5 Å². The van der Waals surface area contributed by atoms with Crippen LogP contribution in [-0.2, 0) is 11.3 Å². The molecule has 5 heteroatoms. The molecule has 5 nitrogen and oxygen atoms in total. The van der Waals surface area contributed by atoms with E-state index in [0.717, 1.165) is 18.7 Å². The molecule has 2 heterocycles. The standard InChI is InChI=1S/C14H14N2O3/c17-12-6-2-1-4-10(12)13-15-8-11-9(14(18)19)5-3-7-16(11)13/h1-2,4,6,8-9,17H,3,5,7H2,(H,18,19). The van der Waals surface area contributed by atoms with Crippen molar-refractivity contribution in [1.29, 1.82) is 0 Å². The van der Waals surface area contributed by atoms with E-state index in [1.54, 1.807) is 24.4 Å². The Morgan fingerprint density at radius 1 is 1.37 bits per heavy atom. The zero-order chi connectivity index (χ0) is 13.4. The van der Waals surface area contributed by atoms with Crippen molar-refractivity contribution in [2.24, 2.45) is 0 Å². The summed E-state index contributed by atoms with van der Waals surface area (Å²) in [6, 6.07) is 6.97. The average molecular weight is 258 g/mol. The number of imidazole rings is 1. The van der Waals surface area contributed by atoms with Gasteiger partial charge < -0.3 is 14.8 Å². The van der Waals surface area contributed by atoms with E-state index in [4.69, 9.17) is 0 Å². The molecule has 0 bridgehead atoms. The van der Waals surface area contributed by atoms with Gasteiger partial charge in [0.05, 0.1) is 17.2 Å². The van der Waals surface area contributed by atoms with Gasteiger partial charge in [-0.05, 0) is 25.0 Å². The van der Waals surface area contributed by atoms with Gasteiger partial charge in [0.15, 0.2) is 0 Å². The molecule has 2 aromatic rings. The van der Waals surface area contributed by atoms with Crippen LogP contribution in [0.5, 0.6) is 5.75 Å². The first kappa shape index (κ1) is 11.8. The molecular weight excluding hydrogens is 244 g/mol. The number of aromatic nitrogens is 2. The molecule has 0 aliphatic carbocycles. The minimum atomic E-state index is -0.815. The predicted octanol–water partition coefficient (Wildman–Crippen LogP) is 2.22. The molecule has 1 aromatic carbocycles. The lowest BCUT2D eigenvalue weighted by atomic mass is 9.96. The van der Waals surface area contributed by atoms with Crippen molar-refractivity contribution < 1.29 is 15.0 Å². The molecule has 1 unspecified atom stereocenters. The minimum Gasteiger partial charge on any atom is -0.507 e. The van der Waals surface area contributed by atoms with Gasteiger partial charge in [-0.2, -0.15) is 0 Å². The SMILES string of the molecule is O=C(O)C1CCCn2c1cnc2-c1ccccc1O. The van der Waals surface area contributed by atoms with E-state index in [1.165, 1.54) is 0 Å². The third kappa shape index (κ3) is 1.87. The Labute approximate surface area is 110 Å². The lowest BCUT2D eigenvalue weighted by molar-refractivity contribution is -0.139. The van der Waals surface area contributed by atoms with Crippen LogP contribution in [0, 0.1) is 0 Å². The molecule has 0 radical (unpaired) electrons. The molecule has 19 heavy (non-hydrogen) atoms. The van der Waals surface area contributed by atoms with Crippen molar-refractivity contribution in [3.63, 3.8) is 0 Å². The largest absolute Gasteiger partial charge is 0.507 e. The molecule has 1 aromatic heterocycles. The molecule has 98 valence electrons. The number of phenols is 1. The monoisotopic (exact) mass is 258 g/mol. The van der Waals surface area contributed by atoms with E-state index in [1.807, 2.05) is 10.6 Å². The number of carboxylic acids is 1. The second kappa shape index (κ2) is 4.42. The van der Waals surface area contributed by atoms with E-state index in [2.05, 4.69) is 4.98 Å². The molecule has 0 amide bonds. The zero-order valence-electron chi connectivity index (χ0n) is 10.3. The van der Waals surface area contributed by atoms with Gasteiger partial charge in [-0.3, -0.25) is 4.79 Å². The maximum absolute atomic E-state index is 11.2. The highest BCUT2D eigenvalue weighted by Crippen LogP contribution is 2.34. The minimum absolute atomic E-state index is 0.161. The topological polar surface area (TPSA) is 75.3 Å². The molecular formula is C14H14N2O3. The number of aromatic hydroxyl groups is 1. The molecule has 1 aliphatic rings. The molecule has 1 atom stereocenters. The number of aliphatic carboxylic acids is 1. The molecule has 0 fully saturated rings. The zero-order valence-corrected chi connectivity index (χ0v) is 10.3. The lowest BCUT2D eigenvalue weighted by Gasteiger charge is -2.22. The molecule has 2 N–H and O–H groups in total. The summed E-state index contributed by atoms with van der Waals surface area (Å²) in [5.74, 6) is -0.516. The quantitative estimate of drug-likeness (QED) is 0.866. The number of hydrogen-bond acceptors (Lipinski definition) is 3. The van der Waals surface area contributed by atoms with Crippen molar-refractivity contribution in [2.45, 2.75) is 25.3 Å². The summed E-state index contributed by atoms with van der Waals surface area (Å²) in [6.45, 7) is 0.739. The van der Waals surface area contributed by atoms with Crippen molar-refractivity contribution in [2.75, 3.05) is 0 Å².